The van der Waals surface area contributed by atoms with Crippen LogP contribution in [-0.4, -0.2) is 50.6 Å². The van der Waals surface area contributed by atoms with E-state index in [9.17, 15) is 4.79 Å². The van der Waals surface area contributed by atoms with Crippen molar-refractivity contribution in [1.29, 1.82) is 0 Å². The number of carbonyl (C=O) groups excluding carboxylic acids is 1. The number of aromatic nitrogens is 5. The molecule has 5 aromatic rings. The largest absolute Gasteiger partial charge is 0.495 e. The second kappa shape index (κ2) is 10.9. The normalized spacial score (nSPS) is 11.1. The molecule has 36 heavy (non-hydrogen) atoms. The molecule has 0 unspecified atom stereocenters. The van der Waals surface area contributed by atoms with E-state index >= 15 is 0 Å². The van der Waals surface area contributed by atoms with Crippen LogP contribution in [0.15, 0.2) is 71.7 Å². The third-order valence-electron chi connectivity index (χ3n) is 5.74. The molecule has 0 aliphatic carbocycles. The molecule has 10 nitrogen and oxygen atoms in total. The van der Waals surface area contributed by atoms with Crippen LogP contribution in [0.2, 0.25) is 0 Å². The highest BCUT2D eigenvalue weighted by Crippen LogP contribution is 2.17. The molecule has 0 radical (unpaired) electrons. The average molecular weight is 486 g/mol. The smallest absolute Gasteiger partial charge is 0.273 e. The molecule has 0 bridgehead atoms. The monoisotopic (exact) mass is 485 g/mol. The van der Waals surface area contributed by atoms with Crippen molar-refractivity contribution in [2.45, 2.75) is 19.4 Å². The summed E-state index contributed by atoms with van der Waals surface area (Å²) < 4.78 is 12.8. The van der Waals surface area contributed by atoms with Gasteiger partial charge in [-0.1, -0.05) is 0 Å². The molecule has 0 aliphatic rings. The maximum atomic E-state index is 12.4. The van der Waals surface area contributed by atoms with Crippen LogP contribution >= 0.6 is 0 Å². The van der Waals surface area contributed by atoms with Crippen LogP contribution in [0, 0.1) is 0 Å². The van der Waals surface area contributed by atoms with Crippen molar-refractivity contribution < 1.29 is 13.9 Å². The first-order chi connectivity index (χ1) is 17.7. The van der Waals surface area contributed by atoms with Gasteiger partial charge in [-0.3, -0.25) is 9.78 Å². The van der Waals surface area contributed by atoms with Crippen molar-refractivity contribution in [3.05, 3.63) is 90.4 Å². The lowest BCUT2D eigenvalue weighted by molar-refractivity contribution is 0.0945. The molecule has 4 heterocycles. The molecule has 0 fully saturated rings. The van der Waals surface area contributed by atoms with E-state index in [1.54, 1.807) is 25.4 Å². The number of methoxy groups -OCH3 is 1. The van der Waals surface area contributed by atoms with Crippen LogP contribution in [0.4, 0.5) is 0 Å². The van der Waals surface area contributed by atoms with Gasteiger partial charge in [-0.2, -0.15) is 0 Å². The lowest BCUT2D eigenvalue weighted by atomic mass is 10.3. The van der Waals surface area contributed by atoms with Crippen molar-refractivity contribution >= 4 is 16.9 Å². The Balaban J connectivity index is 1.06. The molecule has 184 valence electrons. The van der Waals surface area contributed by atoms with Gasteiger partial charge in [-0.25, -0.2) is 9.97 Å². The fourth-order valence-electron chi connectivity index (χ4n) is 3.89. The van der Waals surface area contributed by atoms with Crippen molar-refractivity contribution in [2.24, 2.45) is 0 Å². The summed E-state index contributed by atoms with van der Waals surface area (Å²) in [5.74, 6) is 1.73. The summed E-state index contributed by atoms with van der Waals surface area (Å²) in [5.41, 5.74) is 3.95. The summed E-state index contributed by atoms with van der Waals surface area (Å²) in [6.07, 6.45) is 8.40. The van der Waals surface area contributed by atoms with Gasteiger partial charge in [0.1, 0.15) is 23.5 Å². The zero-order valence-electron chi connectivity index (χ0n) is 19.9. The fraction of sp³-hybridized carbons (Fsp3) is 0.231. The minimum absolute atomic E-state index is 0.237. The average Bonchev–Trinajstić information content (AvgIpc) is 3.67. The summed E-state index contributed by atoms with van der Waals surface area (Å²) in [7, 11) is 1.57. The number of nitrogens with one attached hydrogen (secondary N) is 3. The number of nitrogens with zero attached hydrogens (tertiary/aromatic N) is 4. The summed E-state index contributed by atoms with van der Waals surface area (Å²) in [4.78, 5) is 29.0. The Kier molecular flexibility index (Phi) is 7.04. The molecule has 0 saturated carbocycles. The second-order valence-corrected chi connectivity index (χ2v) is 8.19. The fourth-order valence-corrected chi connectivity index (χ4v) is 3.89. The van der Waals surface area contributed by atoms with E-state index in [4.69, 9.17) is 9.15 Å². The van der Waals surface area contributed by atoms with Crippen LogP contribution < -0.4 is 15.4 Å². The summed E-state index contributed by atoms with van der Waals surface area (Å²) in [6.45, 7) is 1.66. The Labute approximate surface area is 207 Å². The molecule has 4 aromatic heterocycles. The highest BCUT2D eigenvalue weighted by Gasteiger charge is 2.13. The Morgan fingerprint density at radius 2 is 1.97 bits per heavy atom. The quantitative estimate of drug-likeness (QED) is 0.246. The van der Waals surface area contributed by atoms with Gasteiger partial charge in [-0.05, 0) is 42.5 Å². The van der Waals surface area contributed by atoms with E-state index in [1.807, 2.05) is 30.6 Å². The van der Waals surface area contributed by atoms with Gasteiger partial charge in [0, 0.05) is 50.2 Å². The van der Waals surface area contributed by atoms with Gasteiger partial charge >= 0.3 is 0 Å². The first-order valence-corrected chi connectivity index (χ1v) is 11.7. The van der Waals surface area contributed by atoms with Crippen LogP contribution in [-0.2, 0) is 19.4 Å². The topological polar surface area (TPSA) is 123 Å². The van der Waals surface area contributed by atoms with Gasteiger partial charge in [0.25, 0.3) is 5.91 Å². The van der Waals surface area contributed by atoms with Crippen LogP contribution in [0.1, 0.15) is 27.9 Å². The lowest BCUT2D eigenvalue weighted by Crippen LogP contribution is -2.24. The van der Waals surface area contributed by atoms with Gasteiger partial charge < -0.3 is 29.3 Å². The zero-order chi connectivity index (χ0) is 24.7. The molecular weight excluding hydrogens is 458 g/mol. The second-order valence-electron chi connectivity index (χ2n) is 8.19. The minimum Gasteiger partial charge on any atom is -0.495 e. The first-order valence-electron chi connectivity index (χ1n) is 11.7. The number of ether oxygens (including phenoxy) is 1. The number of imidazole rings is 1. The maximum absolute atomic E-state index is 12.4. The number of hydrogen-bond acceptors (Lipinski definition) is 7. The number of rotatable bonds is 11. The van der Waals surface area contributed by atoms with Crippen molar-refractivity contribution in [2.75, 3.05) is 20.2 Å². The molecule has 1 amide bonds. The minimum atomic E-state index is -0.324. The van der Waals surface area contributed by atoms with E-state index in [-0.39, 0.29) is 18.1 Å². The van der Waals surface area contributed by atoms with E-state index < -0.39 is 0 Å². The molecular formula is C26H27N7O3. The van der Waals surface area contributed by atoms with E-state index in [0.717, 1.165) is 35.5 Å². The lowest BCUT2D eigenvalue weighted by Gasteiger charge is -2.07. The van der Waals surface area contributed by atoms with Crippen LogP contribution in [0.5, 0.6) is 5.75 Å². The van der Waals surface area contributed by atoms with Gasteiger partial charge in [-0.15, -0.1) is 0 Å². The third-order valence-corrected chi connectivity index (χ3v) is 5.74. The number of fused-ring (bicyclic) bond motifs is 1. The zero-order valence-corrected chi connectivity index (χ0v) is 19.9. The Morgan fingerprint density at radius 1 is 1.11 bits per heavy atom. The molecule has 3 N–H and O–H groups in total. The summed E-state index contributed by atoms with van der Waals surface area (Å²) >= 11 is 0. The number of H-pyrrole nitrogens is 1. The van der Waals surface area contributed by atoms with Gasteiger partial charge in [0.15, 0.2) is 11.6 Å². The molecule has 0 spiro atoms. The van der Waals surface area contributed by atoms with Gasteiger partial charge in [0.2, 0.25) is 0 Å². The van der Waals surface area contributed by atoms with Crippen molar-refractivity contribution in [3.8, 4) is 11.4 Å². The Bertz CT molecular complexity index is 1440. The predicted molar refractivity (Wildman–Crippen MR) is 134 cm³/mol. The highest BCUT2D eigenvalue weighted by atomic mass is 16.5. The highest BCUT2D eigenvalue weighted by molar-refractivity contribution is 5.91. The molecule has 0 aliphatic heterocycles. The van der Waals surface area contributed by atoms with E-state index in [2.05, 4.69) is 47.3 Å². The number of carbonyl (C=O) groups is 1. The van der Waals surface area contributed by atoms with Gasteiger partial charge in [0.05, 0.1) is 24.7 Å². The SMILES string of the molecule is COc1cccnc1CNC(=O)c1coc(CCNCCc2nc3ccc(-n4cccc4)cc3[nH]2)n1. The predicted octanol–water partition coefficient (Wildman–Crippen LogP) is 3.05. The van der Waals surface area contributed by atoms with Crippen molar-refractivity contribution in [1.82, 2.24) is 35.1 Å². The number of hydrogen-bond donors (Lipinski definition) is 3. The Morgan fingerprint density at radius 3 is 2.83 bits per heavy atom. The molecule has 0 saturated heterocycles. The molecule has 1 aromatic carbocycles. The molecule has 10 heteroatoms. The van der Waals surface area contributed by atoms with E-state index in [1.165, 1.54) is 6.26 Å². The number of oxazole rings is 1. The molecule has 5 rings (SSSR count). The molecule has 0 atom stereocenters. The maximum Gasteiger partial charge on any atom is 0.273 e. The number of benzene rings is 1. The van der Waals surface area contributed by atoms with Crippen LogP contribution in [0.3, 0.4) is 0 Å². The van der Waals surface area contributed by atoms with Crippen molar-refractivity contribution in [3.63, 3.8) is 0 Å². The first kappa shape index (κ1) is 23.3. The standard InChI is InChI=1S/C26H27N7O3/c1-35-23-5-4-10-28-21(23)16-29-26(34)22-17-36-25(32-22)9-12-27-11-8-24-30-19-7-6-18(15-20(19)31-24)33-13-2-3-14-33/h2-7,10,13-15,17,27H,8-9,11-12,16H2,1H3,(H,29,34)(H,30,31). The summed E-state index contributed by atoms with van der Waals surface area (Å²) in [6, 6.07) is 13.8. The summed E-state index contributed by atoms with van der Waals surface area (Å²) in [5, 5.41) is 6.16. The van der Waals surface area contributed by atoms with Crippen LogP contribution in [0.25, 0.3) is 16.7 Å². The number of aromatic amines is 1. The Hall–Kier alpha value is -4.44. The number of pyridine rings is 1. The third kappa shape index (κ3) is 5.44. The van der Waals surface area contributed by atoms with E-state index in [0.29, 0.717) is 30.3 Å². The number of amides is 1.